The summed E-state index contributed by atoms with van der Waals surface area (Å²) in [6.07, 6.45) is 6.93. The molecule has 32 heavy (non-hydrogen) atoms. The topological polar surface area (TPSA) is 90.4 Å². The first-order valence-electron chi connectivity index (χ1n) is 11.1. The molecule has 174 valence electrons. The molecule has 1 atom stereocenters. The molecule has 8 heteroatoms. The van der Waals surface area contributed by atoms with Crippen LogP contribution in [0, 0.1) is 12.8 Å². The second-order valence-electron chi connectivity index (χ2n) is 8.52. The van der Waals surface area contributed by atoms with Gasteiger partial charge in [-0.3, -0.25) is 9.59 Å². The second kappa shape index (κ2) is 10.7. The number of hydrogen-bond acceptors (Lipinski definition) is 7. The Morgan fingerprint density at radius 2 is 1.81 bits per heavy atom. The van der Waals surface area contributed by atoms with Crippen molar-refractivity contribution in [2.45, 2.75) is 69.6 Å². The third kappa shape index (κ3) is 6.48. The summed E-state index contributed by atoms with van der Waals surface area (Å²) in [6, 6.07) is 6.72. The first kappa shape index (κ1) is 24.6. The molecule has 1 heterocycles. The number of carbonyl (C=O) groups is 2. The molecule has 2 aromatic rings. The maximum atomic E-state index is 13.4. The number of Topliss-reactive ketones (excluding diaryl/α,β-unsaturated/α-hetero) is 1. The number of benzene rings is 1. The molecule has 1 aliphatic carbocycles. The first-order chi connectivity index (χ1) is 15.2. The second-order valence-corrected chi connectivity index (χ2v) is 11.8. The van der Waals surface area contributed by atoms with Crippen molar-refractivity contribution in [3.05, 3.63) is 45.4 Å². The Balaban J connectivity index is 1.79. The number of sulfone groups is 1. The van der Waals surface area contributed by atoms with Crippen LogP contribution in [0.25, 0.3) is 0 Å². The minimum Gasteiger partial charge on any atom is -0.466 e. The molecule has 1 saturated carbocycles. The number of rotatable bonds is 10. The van der Waals surface area contributed by atoms with Crippen molar-refractivity contribution in [3.63, 3.8) is 0 Å². The van der Waals surface area contributed by atoms with E-state index in [0.717, 1.165) is 29.7 Å². The number of esters is 1. The van der Waals surface area contributed by atoms with Gasteiger partial charge in [-0.1, -0.05) is 37.8 Å². The van der Waals surface area contributed by atoms with Crippen molar-refractivity contribution in [2.75, 3.05) is 12.9 Å². The van der Waals surface area contributed by atoms with Crippen LogP contribution in [-0.4, -0.2) is 38.0 Å². The third-order valence-electron chi connectivity index (χ3n) is 6.02. The summed E-state index contributed by atoms with van der Waals surface area (Å²) in [7, 11) is -3.28. The molecule has 0 saturated heterocycles. The van der Waals surface area contributed by atoms with Gasteiger partial charge in [0.1, 0.15) is 10.8 Å². The Labute approximate surface area is 194 Å². The van der Waals surface area contributed by atoms with E-state index in [-0.39, 0.29) is 35.4 Å². The number of aryl methyl sites for hydroxylation is 1. The molecule has 0 radical (unpaired) electrons. The SMILES string of the molecule is CCOC(=O)Cc1nc(CC(=O)C(CC2CCCC2)c2ccc(S(C)(=O)=O)cc2)sc1C. The fourth-order valence-corrected chi connectivity index (χ4v) is 5.92. The molecule has 1 aliphatic rings. The van der Waals surface area contributed by atoms with Gasteiger partial charge in [0.25, 0.3) is 0 Å². The van der Waals surface area contributed by atoms with Crippen LogP contribution in [0.4, 0.5) is 0 Å². The van der Waals surface area contributed by atoms with E-state index in [1.807, 2.05) is 6.92 Å². The molecule has 1 unspecified atom stereocenters. The van der Waals surface area contributed by atoms with Gasteiger partial charge in [-0.2, -0.15) is 0 Å². The van der Waals surface area contributed by atoms with Gasteiger partial charge in [0.2, 0.25) is 0 Å². The van der Waals surface area contributed by atoms with Crippen LogP contribution in [0.15, 0.2) is 29.2 Å². The number of nitrogens with zero attached hydrogens (tertiary/aromatic N) is 1. The summed E-state index contributed by atoms with van der Waals surface area (Å²) in [4.78, 5) is 30.9. The number of ketones is 1. The summed E-state index contributed by atoms with van der Waals surface area (Å²) < 4.78 is 28.6. The van der Waals surface area contributed by atoms with Gasteiger partial charge in [0.15, 0.2) is 9.84 Å². The Morgan fingerprint density at radius 1 is 1.16 bits per heavy atom. The Bertz CT molecular complexity index is 1050. The predicted octanol–water partition coefficient (Wildman–Crippen LogP) is 4.44. The Hall–Kier alpha value is -2.06. The molecule has 0 N–H and O–H groups in total. The van der Waals surface area contributed by atoms with E-state index in [0.29, 0.717) is 23.2 Å². The average molecular weight is 478 g/mol. The monoisotopic (exact) mass is 477 g/mol. The van der Waals surface area contributed by atoms with Crippen LogP contribution in [0.2, 0.25) is 0 Å². The lowest BCUT2D eigenvalue weighted by molar-refractivity contribution is -0.142. The van der Waals surface area contributed by atoms with Gasteiger partial charge in [-0.05, 0) is 43.9 Å². The van der Waals surface area contributed by atoms with E-state index in [1.165, 1.54) is 30.4 Å². The number of aromatic nitrogens is 1. The van der Waals surface area contributed by atoms with E-state index >= 15 is 0 Å². The van der Waals surface area contributed by atoms with Crippen molar-refractivity contribution >= 4 is 32.9 Å². The largest absolute Gasteiger partial charge is 0.466 e. The molecule has 0 amide bonds. The van der Waals surface area contributed by atoms with Crippen molar-refractivity contribution < 1.29 is 22.7 Å². The Kier molecular flexibility index (Phi) is 8.22. The number of carbonyl (C=O) groups excluding carboxylic acids is 2. The van der Waals surface area contributed by atoms with Crippen LogP contribution < -0.4 is 0 Å². The van der Waals surface area contributed by atoms with E-state index in [2.05, 4.69) is 4.98 Å². The molecule has 1 fully saturated rings. The molecule has 6 nitrogen and oxygen atoms in total. The van der Waals surface area contributed by atoms with Crippen molar-refractivity contribution in [2.24, 2.45) is 5.92 Å². The van der Waals surface area contributed by atoms with E-state index < -0.39 is 9.84 Å². The highest BCUT2D eigenvalue weighted by atomic mass is 32.2. The maximum Gasteiger partial charge on any atom is 0.311 e. The van der Waals surface area contributed by atoms with Crippen LogP contribution in [-0.2, 0) is 37.0 Å². The van der Waals surface area contributed by atoms with E-state index in [4.69, 9.17) is 4.74 Å². The lowest BCUT2D eigenvalue weighted by atomic mass is 9.84. The molecular weight excluding hydrogens is 446 g/mol. The van der Waals surface area contributed by atoms with Crippen LogP contribution in [0.1, 0.15) is 66.1 Å². The first-order valence-corrected chi connectivity index (χ1v) is 13.8. The Morgan fingerprint density at radius 3 is 2.41 bits per heavy atom. The summed E-state index contributed by atoms with van der Waals surface area (Å²) in [5, 5.41) is 0.705. The molecule has 0 spiro atoms. The smallest absolute Gasteiger partial charge is 0.311 e. The summed E-state index contributed by atoms with van der Waals surface area (Å²) >= 11 is 1.44. The zero-order valence-corrected chi connectivity index (χ0v) is 20.6. The van der Waals surface area contributed by atoms with Gasteiger partial charge in [-0.25, -0.2) is 13.4 Å². The molecular formula is C24H31NO5S2. The quantitative estimate of drug-likeness (QED) is 0.470. The van der Waals surface area contributed by atoms with Gasteiger partial charge >= 0.3 is 5.97 Å². The highest BCUT2D eigenvalue weighted by molar-refractivity contribution is 7.90. The summed E-state index contributed by atoms with van der Waals surface area (Å²) in [5.74, 6) is -0.00958. The molecule has 1 aromatic heterocycles. The molecule has 0 bridgehead atoms. The standard InChI is InChI=1S/C24H31NO5S2/c1-4-30-24(27)14-21-16(2)31-23(25-21)15-22(26)20(13-17-7-5-6-8-17)18-9-11-19(12-10-18)32(3,28)29/h9-12,17,20H,4-8,13-15H2,1-3H3. The van der Waals surface area contributed by atoms with Gasteiger partial charge in [0.05, 0.1) is 30.0 Å². The van der Waals surface area contributed by atoms with Crippen molar-refractivity contribution in [3.8, 4) is 0 Å². The number of hydrogen-bond donors (Lipinski definition) is 0. The van der Waals surface area contributed by atoms with Crippen LogP contribution >= 0.6 is 11.3 Å². The molecule has 0 aliphatic heterocycles. The zero-order chi connectivity index (χ0) is 23.3. The predicted molar refractivity (Wildman–Crippen MR) is 125 cm³/mol. The minimum absolute atomic E-state index is 0.0837. The highest BCUT2D eigenvalue weighted by Gasteiger charge is 2.28. The fourth-order valence-electron chi connectivity index (χ4n) is 4.33. The van der Waals surface area contributed by atoms with Crippen LogP contribution in [0.5, 0.6) is 0 Å². The lowest BCUT2D eigenvalue weighted by Gasteiger charge is -2.20. The van der Waals surface area contributed by atoms with Gasteiger partial charge < -0.3 is 4.74 Å². The third-order valence-corrected chi connectivity index (χ3v) is 8.16. The van der Waals surface area contributed by atoms with Gasteiger partial charge in [0, 0.05) is 17.1 Å². The lowest BCUT2D eigenvalue weighted by Crippen LogP contribution is -2.18. The number of thiazole rings is 1. The van der Waals surface area contributed by atoms with Crippen LogP contribution in [0.3, 0.4) is 0 Å². The fraction of sp³-hybridized carbons (Fsp3) is 0.542. The molecule has 3 rings (SSSR count). The average Bonchev–Trinajstić information content (AvgIpc) is 3.35. The van der Waals surface area contributed by atoms with Gasteiger partial charge in [-0.15, -0.1) is 11.3 Å². The number of ether oxygens (including phenoxy) is 1. The molecule has 1 aromatic carbocycles. The van der Waals surface area contributed by atoms with E-state index in [9.17, 15) is 18.0 Å². The summed E-state index contributed by atoms with van der Waals surface area (Å²) in [5.41, 5.74) is 1.52. The highest BCUT2D eigenvalue weighted by Crippen LogP contribution is 2.36. The van der Waals surface area contributed by atoms with E-state index in [1.54, 1.807) is 31.2 Å². The van der Waals surface area contributed by atoms with Crippen molar-refractivity contribution in [1.29, 1.82) is 0 Å². The zero-order valence-electron chi connectivity index (χ0n) is 18.9. The van der Waals surface area contributed by atoms with Crippen molar-refractivity contribution in [1.82, 2.24) is 4.98 Å². The maximum absolute atomic E-state index is 13.4. The summed E-state index contributed by atoms with van der Waals surface area (Å²) in [6.45, 7) is 4.00. The normalized spacial score (nSPS) is 15.6. The minimum atomic E-state index is -3.28.